The highest BCUT2D eigenvalue weighted by Crippen LogP contribution is 2.30. The molecule has 5 heteroatoms. The number of benzene rings is 2. The third kappa shape index (κ3) is 4.07. The number of aryl methyl sites for hydroxylation is 1. The van der Waals surface area contributed by atoms with Gasteiger partial charge >= 0.3 is 0 Å². The molecule has 2 aromatic rings. The molecule has 146 valence electrons. The van der Waals surface area contributed by atoms with Crippen LogP contribution < -0.4 is 5.32 Å². The lowest BCUT2D eigenvalue weighted by atomic mass is 9.87. The molecular weight excluding hydrogens is 372 g/mol. The molecule has 0 radical (unpaired) electrons. The first-order chi connectivity index (χ1) is 13.6. The number of hydrogen-bond acceptors (Lipinski definition) is 2. The van der Waals surface area contributed by atoms with E-state index in [9.17, 15) is 9.59 Å². The smallest absolute Gasteiger partial charge is 0.253 e. The largest absolute Gasteiger partial charge is 0.349 e. The van der Waals surface area contributed by atoms with Gasteiger partial charge in [-0.15, -0.1) is 0 Å². The first-order valence-corrected chi connectivity index (χ1v) is 10.4. The normalized spacial score (nSPS) is 19.8. The summed E-state index contributed by atoms with van der Waals surface area (Å²) in [7, 11) is 0. The standard InChI is InChI=1S/C23H25ClN2O2/c24-19-10-8-18(9-11-19)23(28)26-14-12-17(13-15-26)22(27)25-21-7-3-5-16-4-1-2-6-20(16)21/h1-2,4,6,8-11,17,21H,3,5,7,12-15H2,(H,25,27)/t21-/m1/s1. The number of fused-ring (bicyclic) bond motifs is 1. The van der Waals surface area contributed by atoms with E-state index in [1.807, 2.05) is 11.0 Å². The molecule has 1 N–H and O–H groups in total. The van der Waals surface area contributed by atoms with Crippen LogP contribution in [-0.2, 0) is 11.2 Å². The van der Waals surface area contributed by atoms with Gasteiger partial charge in [0.05, 0.1) is 6.04 Å². The van der Waals surface area contributed by atoms with Gasteiger partial charge in [-0.05, 0) is 67.5 Å². The van der Waals surface area contributed by atoms with Gasteiger partial charge in [-0.3, -0.25) is 9.59 Å². The van der Waals surface area contributed by atoms with Gasteiger partial charge in [0.1, 0.15) is 0 Å². The second-order valence-corrected chi connectivity index (χ2v) is 8.16. The number of halogens is 1. The second-order valence-electron chi connectivity index (χ2n) is 7.73. The average molecular weight is 397 g/mol. The van der Waals surface area contributed by atoms with Gasteiger partial charge in [0.15, 0.2) is 0 Å². The van der Waals surface area contributed by atoms with Crippen molar-refractivity contribution in [1.29, 1.82) is 0 Å². The Morgan fingerprint density at radius 2 is 1.68 bits per heavy atom. The zero-order valence-electron chi connectivity index (χ0n) is 15.9. The van der Waals surface area contributed by atoms with Crippen molar-refractivity contribution >= 4 is 23.4 Å². The maximum Gasteiger partial charge on any atom is 0.253 e. The summed E-state index contributed by atoms with van der Waals surface area (Å²) in [5.74, 6) is 0.111. The molecule has 1 fully saturated rings. The number of carbonyl (C=O) groups excluding carboxylic acids is 2. The minimum Gasteiger partial charge on any atom is -0.349 e. The Labute approximate surface area is 170 Å². The number of amides is 2. The van der Waals surface area contributed by atoms with Crippen molar-refractivity contribution in [3.05, 3.63) is 70.2 Å². The molecule has 1 atom stereocenters. The first-order valence-electron chi connectivity index (χ1n) is 10.0. The van der Waals surface area contributed by atoms with E-state index in [4.69, 9.17) is 11.6 Å². The fraction of sp³-hybridized carbons (Fsp3) is 0.391. The molecule has 1 heterocycles. The molecule has 0 unspecified atom stereocenters. The molecule has 0 bridgehead atoms. The lowest BCUT2D eigenvalue weighted by molar-refractivity contribution is -0.127. The predicted molar refractivity (Wildman–Crippen MR) is 110 cm³/mol. The summed E-state index contributed by atoms with van der Waals surface area (Å²) in [6, 6.07) is 15.5. The quantitative estimate of drug-likeness (QED) is 0.836. The van der Waals surface area contributed by atoms with Crippen molar-refractivity contribution in [3.8, 4) is 0 Å². The topological polar surface area (TPSA) is 49.4 Å². The number of piperidine rings is 1. The summed E-state index contributed by atoms with van der Waals surface area (Å²) < 4.78 is 0. The van der Waals surface area contributed by atoms with Crippen LogP contribution in [0.1, 0.15) is 53.2 Å². The Morgan fingerprint density at radius 1 is 0.964 bits per heavy atom. The van der Waals surface area contributed by atoms with Gasteiger partial charge in [-0.25, -0.2) is 0 Å². The molecule has 0 saturated carbocycles. The minimum absolute atomic E-state index is 0.0109. The minimum atomic E-state index is -0.0247. The van der Waals surface area contributed by atoms with E-state index in [2.05, 4.69) is 23.5 Å². The maximum atomic E-state index is 12.8. The monoisotopic (exact) mass is 396 g/mol. The molecule has 0 aromatic heterocycles. The Kier molecular flexibility index (Phi) is 5.67. The van der Waals surface area contributed by atoms with Gasteiger partial charge in [-0.2, -0.15) is 0 Å². The lowest BCUT2D eigenvalue weighted by Gasteiger charge is -2.33. The SMILES string of the molecule is O=C(N[C@@H]1CCCc2ccccc21)C1CCN(C(=O)c2ccc(Cl)cc2)CC1. The van der Waals surface area contributed by atoms with E-state index >= 15 is 0 Å². The summed E-state index contributed by atoms with van der Waals surface area (Å²) in [5.41, 5.74) is 3.26. The number of rotatable bonds is 3. The molecule has 2 amide bonds. The molecule has 4 nitrogen and oxygen atoms in total. The highest BCUT2D eigenvalue weighted by atomic mass is 35.5. The fourth-order valence-corrected chi connectivity index (χ4v) is 4.44. The average Bonchev–Trinajstić information content (AvgIpc) is 2.74. The van der Waals surface area contributed by atoms with E-state index in [0.717, 1.165) is 19.3 Å². The Hall–Kier alpha value is -2.33. The molecule has 1 aliphatic heterocycles. The van der Waals surface area contributed by atoms with E-state index in [1.165, 1.54) is 11.1 Å². The molecule has 1 saturated heterocycles. The van der Waals surface area contributed by atoms with Crippen molar-refractivity contribution in [3.63, 3.8) is 0 Å². The molecule has 2 aliphatic rings. The molecule has 4 rings (SSSR count). The first kappa shape index (κ1) is 19.0. The Balaban J connectivity index is 1.33. The Bertz CT molecular complexity index is 857. The van der Waals surface area contributed by atoms with Crippen LogP contribution in [0.15, 0.2) is 48.5 Å². The van der Waals surface area contributed by atoms with Crippen LogP contribution in [0.25, 0.3) is 0 Å². The van der Waals surface area contributed by atoms with Crippen LogP contribution in [0.3, 0.4) is 0 Å². The van der Waals surface area contributed by atoms with Crippen molar-refractivity contribution in [1.82, 2.24) is 10.2 Å². The van der Waals surface area contributed by atoms with Crippen LogP contribution in [0, 0.1) is 5.92 Å². The van der Waals surface area contributed by atoms with Crippen molar-refractivity contribution in [2.45, 2.75) is 38.1 Å². The number of likely N-dealkylation sites (tertiary alicyclic amines) is 1. The van der Waals surface area contributed by atoms with Crippen LogP contribution in [-0.4, -0.2) is 29.8 Å². The van der Waals surface area contributed by atoms with E-state index in [-0.39, 0.29) is 23.8 Å². The van der Waals surface area contributed by atoms with Crippen LogP contribution >= 0.6 is 11.6 Å². The highest BCUT2D eigenvalue weighted by molar-refractivity contribution is 6.30. The van der Waals surface area contributed by atoms with Gasteiger partial charge in [0.2, 0.25) is 5.91 Å². The molecule has 1 aliphatic carbocycles. The highest BCUT2D eigenvalue weighted by Gasteiger charge is 2.30. The summed E-state index contributed by atoms with van der Waals surface area (Å²) in [4.78, 5) is 27.3. The molecule has 2 aromatic carbocycles. The number of hydrogen-bond donors (Lipinski definition) is 1. The summed E-state index contributed by atoms with van der Waals surface area (Å²) in [5, 5.41) is 3.89. The third-order valence-electron chi connectivity index (χ3n) is 5.93. The number of nitrogens with one attached hydrogen (secondary N) is 1. The van der Waals surface area contributed by atoms with Crippen LogP contribution in [0.4, 0.5) is 0 Å². The summed E-state index contributed by atoms with van der Waals surface area (Å²) in [6.07, 6.45) is 4.61. The van der Waals surface area contributed by atoms with Crippen molar-refractivity contribution in [2.75, 3.05) is 13.1 Å². The van der Waals surface area contributed by atoms with E-state index < -0.39 is 0 Å². The number of nitrogens with zero attached hydrogens (tertiary/aromatic N) is 1. The number of carbonyl (C=O) groups is 2. The van der Waals surface area contributed by atoms with Crippen LogP contribution in [0.2, 0.25) is 5.02 Å². The summed E-state index contributed by atoms with van der Waals surface area (Å²) in [6.45, 7) is 1.22. The van der Waals surface area contributed by atoms with Gasteiger partial charge in [0.25, 0.3) is 5.91 Å². The third-order valence-corrected chi connectivity index (χ3v) is 6.18. The Morgan fingerprint density at radius 3 is 2.43 bits per heavy atom. The fourth-order valence-electron chi connectivity index (χ4n) is 4.31. The van der Waals surface area contributed by atoms with E-state index in [1.54, 1.807) is 24.3 Å². The second kappa shape index (κ2) is 8.36. The van der Waals surface area contributed by atoms with Crippen molar-refractivity contribution in [2.24, 2.45) is 5.92 Å². The summed E-state index contributed by atoms with van der Waals surface area (Å²) >= 11 is 5.90. The molecule has 0 spiro atoms. The van der Waals surface area contributed by atoms with Gasteiger partial charge < -0.3 is 10.2 Å². The van der Waals surface area contributed by atoms with E-state index in [0.29, 0.717) is 36.5 Å². The molecule has 28 heavy (non-hydrogen) atoms. The zero-order chi connectivity index (χ0) is 19.5. The van der Waals surface area contributed by atoms with Gasteiger partial charge in [0, 0.05) is 29.6 Å². The lowest BCUT2D eigenvalue weighted by Crippen LogP contribution is -2.44. The zero-order valence-corrected chi connectivity index (χ0v) is 16.6. The predicted octanol–water partition coefficient (Wildman–Crippen LogP) is 4.39. The molecular formula is C23H25ClN2O2. The van der Waals surface area contributed by atoms with Gasteiger partial charge in [-0.1, -0.05) is 35.9 Å². The maximum absolute atomic E-state index is 12.8. The van der Waals surface area contributed by atoms with Crippen molar-refractivity contribution < 1.29 is 9.59 Å². The van der Waals surface area contributed by atoms with Crippen LogP contribution in [0.5, 0.6) is 0 Å².